The quantitative estimate of drug-likeness (QED) is 0.275. The number of halogens is 1. The van der Waals surface area contributed by atoms with Crippen molar-refractivity contribution in [3.8, 4) is 0 Å². The van der Waals surface area contributed by atoms with Crippen LogP contribution in [0.3, 0.4) is 0 Å². The fourth-order valence-electron chi connectivity index (χ4n) is 1.71. The maximum atomic E-state index is 8.67. The zero-order valence-corrected chi connectivity index (χ0v) is 11.9. The van der Waals surface area contributed by atoms with Gasteiger partial charge in [0.05, 0.1) is 10.7 Å². The smallest absolute Gasteiger partial charge is 0.144 e. The van der Waals surface area contributed by atoms with E-state index < -0.39 is 0 Å². The number of aromatic nitrogens is 2. The lowest BCUT2D eigenvalue weighted by molar-refractivity contribution is 0.304. The third-order valence-electron chi connectivity index (χ3n) is 3.13. The summed E-state index contributed by atoms with van der Waals surface area (Å²) in [6.07, 6.45) is 4.68. The number of oxime groups is 1. The fourth-order valence-corrected chi connectivity index (χ4v) is 1.86. The lowest BCUT2D eigenvalue weighted by Gasteiger charge is -2.22. The van der Waals surface area contributed by atoms with Gasteiger partial charge in [0.2, 0.25) is 0 Å². The maximum Gasteiger partial charge on any atom is 0.144 e. The highest BCUT2D eigenvalue weighted by molar-refractivity contribution is 6.31. The normalized spacial score (nSPS) is 13.0. The molecule has 1 rings (SSSR count). The van der Waals surface area contributed by atoms with Gasteiger partial charge in [-0.05, 0) is 19.8 Å². The van der Waals surface area contributed by atoms with E-state index in [9.17, 15) is 0 Å². The molecule has 0 fully saturated rings. The molecule has 0 aliphatic heterocycles. The van der Waals surface area contributed by atoms with Gasteiger partial charge in [0.15, 0.2) is 0 Å². The molecule has 18 heavy (non-hydrogen) atoms. The SMILES string of the molecule is Cc1nn(CCCCC(C)(C)/C(N)=N/O)cc1Cl. The predicted molar refractivity (Wildman–Crippen MR) is 73.0 cm³/mol. The molecule has 0 atom stereocenters. The Morgan fingerprint density at radius 1 is 1.56 bits per heavy atom. The molecular weight excluding hydrogens is 252 g/mol. The molecule has 0 unspecified atom stereocenters. The summed E-state index contributed by atoms with van der Waals surface area (Å²) >= 11 is 5.93. The molecule has 0 bridgehead atoms. The van der Waals surface area contributed by atoms with Gasteiger partial charge in [-0.1, -0.05) is 37.0 Å². The van der Waals surface area contributed by atoms with Gasteiger partial charge in [-0.15, -0.1) is 0 Å². The van der Waals surface area contributed by atoms with Crippen molar-refractivity contribution in [3.63, 3.8) is 0 Å². The van der Waals surface area contributed by atoms with E-state index in [1.54, 1.807) is 0 Å². The Bertz CT molecular complexity index is 406. The second-order valence-electron chi connectivity index (χ2n) is 5.15. The van der Waals surface area contributed by atoms with Crippen molar-refractivity contribution >= 4 is 17.4 Å². The molecular formula is C12H21ClN4O. The van der Waals surface area contributed by atoms with Crippen LogP contribution in [0.1, 0.15) is 38.8 Å². The van der Waals surface area contributed by atoms with Gasteiger partial charge in [-0.25, -0.2) is 0 Å². The molecule has 1 aromatic heterocycles. The van der Waals surface area contributed by atoms with Gasteiger partial charge in [0.1, 0.15) is 5.84 Å². The zero-order chi connectivity index (χ0) is 13.8. The Labute approximate surface area is 113 Å². The lowest BCUT2D eigenvalue weighted by Crippen LogP contribution is -2.31. The van der Waals surface area contributed by atoms with E-state index in [-0.39, 0.29) is 11.3 Å². The monoisotopic (exact) mass is 272 g/mol. The summed E-state index contributed by atoms with van der Waals surface area (Å²) in [4.78, 5) is 0. The summed E-state index contributed by atoms with van der Waals surface area (Å²) in [7, 11) is 0. The van der Waals surface area contributed by atoms with Gasteiger partial charge < -0.3 is 10.9 Å². The van der Waals surface area contributed by atoms with Crippen molar-refractivity contribution in [1.29, 1.82) is 0 Å². The Kier molecular flexibility index (Phi) is 5.02. The van der Waals surface area contributed by atoms with Gasteiger partial charge in [-0.3, -0.25) is 4.68 Å². The minimum atomic E-state index is -0.271. The summed E-state index contributed by atoms with van der Waals surface area (Å²) in [5.41, 5.74) is 6.22. The van der Waals surface area contributed by atoms with Crippen molar-refractivity contribution < 1.29 is 5.21 Å². The molecule has 6 heteroatoms. The first-order valence-electron chi connectivity index (χ1n) is 6.04. The van der Waals surface area contributed by atoms with Crippen molar-refractivity contribution in [3.05, 3.63) is 16.9 Å². The van der Waals surface area contributed by atoms with E-state index in [2.05, 4.69) is 10.3 Å². The standard InChI is InChI=1S/C12H21ClN4O/c1-9-10(13)8-17(15-9)7-5-4-6-12(2,3)11(14)16-18/h8,18H,4-7H2,1-3H3,(H2,14,16). The van der Waals surface area contributed by atoms with Crippen molar-refractivity contribution in [2.75, 3.05) is 0 Å². The number of nitrogens with two attached hydrogens (primary N) is 1. The van der Waals surface area contributed by atoms with Crippen LogP contribution < -0.4 is 5.73 Å². The molecule has 1 heterocycles. The van der Waals surface area contributed by atoms with E-state index in [1.807, 2.05) is 31.6 Å². The summed E-state index contributed by atoms with van der Waals surface area (Å²) in [6.45, 7) is 6.66. The van der Waals surface area contributed by atoms with Crippen LogP contribution in [-0.4, -0.2) is 20.8 Å². The molecule has 0 aromatic carbocycles. The zero-order valence-electron chi connectivity index (χ0n) is 11.1. The average molecular weight is 273 g/mol. The number of hydrogen-bond acceptors (Lipinski definition) is 3. The Morgan fingerprint density at radius 3 is 2.72 bits per heavy atom. The van der Waals surface area contributed by atoms with Crippen LogP contribution in [0.25, 0.3) is 0 Å². The molecule has 0 amide bonds. The first-order valence-corrected chi connectivity index (χ1v) is 6.42. The predicted octanol–water partition coefficient (Wildman–Crippen LogP) is 2.79. The fraction of sp³-hybridized carbons (Fsp3) is 0.667. The topological polar surface area (TPSA) is 76.4 Å². The number of unbranched alkanes of at least 4 members (excludes halogenated alkanes) is 1. The van der Waals surface area contributed by atoms with Crippen LogP contribution in [0.15, 0.2) is 11.4 Å². The molecule has 0 aliphatic carbocycles. The average Bonchev–Trinajstić information content (AvgIpc) is 2.63. The number of aryl methyl sites for hydroxylation is 2. The largest absolute Gasteiger partial charge is 0.409 e. The second kappa shape index (κ2) is 6.09. The lowest BCUT2D eigenvalue weighted by atomic mass is 9.86. The summed E-state index contributed by atoms with van der Waals surface area (Å²) in [5, 5.41) is 16.7. The van der Waals surface area contributed by atoms with Gasteiger partial charge in [0, 0.05) is 18.2 Å². The van der Waals surface area contributed by atoms with Crippen molar-refractivity contribution in [2.24, 2.45) is 16.3 Å². The summed E-state index contributed by atoms with van der Waals surface area (Å²) < 4.78 is 1.86. The van der Waals surface area contributed by atoms with Gasteiger partial charge in [-0.2, -0.15) is 5.10 Å². The first-order chi connectivity index (χ1) is 8.36. The highest BCUT2D eigenvalue weighted by Gasteiger charge is 2.22. The highest BCUT2D eigenvalue weighted by atomic mass is 35.5. The maximum absolute atomic E-state index is 8.67. The molecule has 0 saturated heterocycles. The van der Waals surface area contributed by atoms with Crippen molar-refractivity contribution in [1.82, 2.24) is 9.78 Å². The number of nitrogens with zero attached hydrogens (tertiary/aromatic N) is 3. The molecule has 0 saturated carbocycles. The van der Waals surface area contributed by atoms with Crippen molar-refractivity contribution in [2.45, 2.75) is 46.6 Å². The molecule has 1 aromatic rings. The van der Waals surface area contributed by atoms with E-state index in [0.717, 1.165) is 31.5 Å². The summed E-state index contributed by atoms with van der Waals surface area (Å²) in [5.74, 6) is 0.278. The molecule has 0 aliphatic rings. The van der Waals surface area contributed by atoms with Crippen LogP contribution in [-0.2, 0) is 6.54 Å². The Hall–Kier alpha value is -1.23. The Morgan fingerprint density at radius 2 is 2.22 bits per heavy atom. The Balaban J connectivity index is 2.35. The molecule has 3 N–H and O–H groups in total. The van der Waals surface area contributed by atoms with Crippen LogP contribution >= 0.6 is 11.6 Å². The van der Waals surface area contributed by atoms with E-state index in [4.69, 9.17) is 22.5 Å². The number of hydrogen-bond donors (Lipinski definition) is 2. The third-order valence-corrected chi connectivity index (χ3v) is 3.50. The minimum absolute atomic E-state index is 0.271. The first kappa shape index (κ1) is 14.8. The number of amidine groups is 1. The van der Waals surface area contributed by atoms with Crippen LogP contribution in [0.2, 0.25) is 5.02 Å². The molecule has 102 valence electrons. The minimum Gasteiger partial charge on any atom is -0.409 e. The van der Waals surface area contributed by atoms with E-state index in [0.29, 0.717) is 5.02 Å². The molecule has 5 nitrogen and oxygen atoms in total. The highest BCUT2D eigenvalue weighted by Crippen LogP contribution is 2.23. The third kappa shape index (κ3) is 3.91. The van der Waals surface area contributed by atoms with Gasteiger partial charge >= 0.3 is 0 Å². The van der Waals surface area contributed by atoms with Crippen LogP contribution in [0.5, 0.6) is 0 Å². The number of rotatable bonds is 6. The second-order valence-corrected chi connectivity index (χ2v) is 5.56. The van der Waals surface area contributed by atoms with E-state index >= 15 is 0 Å². The van der Waals surface area contributed by atoms with E-state index in [1.165, 1.54) is 0 Å². The van der Waals surface area contributed by atoms with Crippen LogP contribution in [0, 0.1) is 12.3 Å². The molecule has 0 radical (unpaired) electrons. The van der Waals surface area contributed by atoms with Gasteiger partial charge in [0.25, 0.3) is 0 Å². The molecule has 0 spiro atoms. The summed E-state index contributed by atoms with van der Waals surface area (Å²) in [6, 6.07) is 0. The van der Waals surface area contributed by atoms with Crippen LogP contribution in [0.4, 0.5) is 0 Å².